The van der Waals surface area contributed by atoms with E-state index >= 15 is 0 Å². The summed E-state index contributed by atoms with van der Waals surface area (Å²) in [6, 6.07) is 11.3. The van der Waals surface area contributed by atoms with Gasteiger partial charge in [0.25, 0.3) is 0 Å². The van der Waals surface area contributed by atoms with Crippen molar-refractivity contribution in [3.05, 3.63) is 64.2 Å². The summed E-state index contributed by atoms with van der Waals surface area (Å²) in [7, 11) is 0. The molecule has 2 aromatic rings. The van der Waals surface area contributed by atoms with Crippen molar-refractivity contribution < 1.29 is 14.6 Å². The van der Waals surface area contributed by atoms with Crippen molar-refractivity contribution in [2.45, 2.75) is 27.4 Å². The first kappa shape index (κ1) is 14.1. The summed E-state index contributed by atoms with van der Waals surface area (Å²) in [6.45, 7) is 6.33. The first-order chi connectivity index (χ1) is 9.47. The quantitative estimate of drug-likeness (QED) is 0.916. The van der Waals surface area contributed by atoms with Crippen LogP contribution in [-0.4, -0.2) is 11.1 Å². The first-order valence-corrected chi connectivity index (χ1v) is 6.50. The van der Waals surface area contributed by atoms with Crippen LogP contribution in [0, 0.1) is 20.8 Å². The van der Waals surface area contributed by atoms with Crippen LogP contribution in [0.3, 0.4) is 0 Å². The number of aryl methyl sites for hydroxylation is 3. The number of rotatable bonds is 4. The molecule has 0 aliphatic heterocycles. The molecule has 0 saturated heterocycles. The summed E-state index contributed by atoms with van der Waals surface area (Å²) in [6.07, 6.45) is 0. The molecule has 1 N–H and O–H groups in total. The number of ether oxygens (including phenoxy) is 1. The molecule has 2 aromatic carbocycles. The van der Waals surface area contributed by atoms with Gasteiger partial charge in [-0.15, -0.1) is 0 Å². The molecule has 0 amide bonds. The van der Waals surface area contributed by atoms with Crippen molar-refractivity contribution in [3.8, 4) is 5.75 Å². The van der Waals surface area contributed by atoms with E-state index in [2.05, 4.69) is 13.0 Å². The fourth-order valence-corrected chi connectivity index (χ4v) is 1.99. The lowest BCUT2D eigenvalue weighted by atomic mass is 10.1. The number of carbonyl (C=O) groups is 1. The second-order valence-electron chi connectivity index (χ2n) is 5.01. The van der Waals surface area contributed by atoms with E-state index in [1.165, 1.54) is 11.1 Å². The molecule has 0 unspecified atom stereocenters. The van der Waals surface area contributed by atoms with Gasteiger partial charge in [0.2, 0.25) is 0 Å². The highest BCUT2D eigenvalue weighted by Crippen LogP contribution is 2.21. The summed E-state index contributed by atoms with van der Waals surface area (Å²) in [4.78, 5) is 11.2. The summed E-state index contributed by atoms with van der Waals surface area (Å²) < 4.78 is 5.65. The van der Waals surface area contributed by atoms with E-state index in [9.17, 15) is 9.90 Å². The van der Waals surface area contributed by atoms with Crippen molar-refractivity contribution in [1.29, 1.82) is 0 Å². The maximum Gasteiger partial charge on any atom is 0.339 e. The molecule has 3 nitrogen and oxygen atoms in total. The zero-order valence-electron chi connectivity index (χ0n) is 11.9. The van der Waals surface area contributed by atoms with Gasteiger partial charge in [-0.2, -0.15) is 0 Å². The van der Waals surface area contributed by atoms with E-state index in [4.69, 9.17) is 4.74 Å². The van der Waals surface area contributed by atoms with Crippen LogP contribution >= 0.6 is 0 Å². The molecule has 0 heterocycles. The van der Waals surface area contributed by atoms with Crippen molar-refractivity contribution in [2.75, 3.05) is 0 Å². The van der Waals surface area contributed by atoms with Gasteiger partial charge in [-0.05, 0) is 49.6 Å². The van der Waals surface area contributed by atoms with Crippen molar-refractivity contribution in [2.24, 2.45) is 0 Å². The Kier molecular flexibility index (Phi) is 4.08. The average molecular weight is 270 g/mol. The Hall–Kier alpha value is -2.29. The average Bonchev–Trinajstić information content (AvgIpc) is 2.41. The molecule has 0 spiro atoms. The Morgan fingerprint density at radius 2 is 1.80 bits per heavy atom. The third-order valence-electron chi connectivity index (χ3n) is 3.33. The van der Waals surface area contributed by atoms with Crippen LogP contribution in [0.25, 0.3) is 0 Å². The van der Waals surface area contributed by atoms with E-state index < -0.39 is 5.97 Å². The Balaban J connectivity index is 2.18. The van der Waals surface area contributed by atoms with Crippen LogP contribution in [-0.2, 0) is 6.61 Å². The Morgan fingerprint density at radius 3 is 2.45 bits per heavy atom. The lowest BCUT2D eigenvalue weighted by Gasteiger charge is -2.11. The minimum absolute atomic E-state index is 0.203. The normalized spacial score (nSPS) is 10.3. The maximum atomic E-state index is 11.2. The zero-order valence-corrected chi connectivity index (χ0v) is 11.9. The van der Waals surface area contributed by atoms with Crippen molar-refractivity contribution in [1.82, 2.24) is 0 Å². The highest BCUT2D eigenvalue weighted by Gasteiger charge is 2.11. The minimum Gasteiger partial charge on any atom is -0.488 e. The van der Waals surface area contributed by atoms with E-state index in [1.54, 1.807) is 12.1 Å². The summed E-state index contributed by atoms with van der Waals surface area (Å²) in [5.74, 6) is -0.565. The van der Waals surface area contributed by atoms with Gasteiger partial charge in [-0.3, -0.25) is 0 Å². The van der Waals surface area contributed by atoms with Crippen molar-refractivity contribution >= 4 is 5.97 Å². The molecule has 0 bridgehead atoms. The Bertz CT molecular complexity index is 645. The van der Waals surface area contributed by atoms with Crippen LogP contribution in [0.5, 0.6) is 5.75 Å². The molecule has 20 heavy (non-hydrogen) atoms. The van der Waals surface area contributed by atoms with Crippen LogP contribution in [0.15, 0.2) is 36.4 Å². The number of benzene rings is 2. The zero-order chi connectivity index (χ0) is 14.7. The molecule has 2 rings (SSSR count). The molecule has 3 heteroatoms. The topological polar surface area (TPSA) is 46.5 Å². The largest absolute Gasteiger partial charge is 0.488 e. The smallest absolute Gasteiger partial charge is 0.339 e. The van der Waals surface area contributed by atoms with E-state index in [0.29, 0.717) is 12.4 Å². The Labute approximate surface area is 118 Å². The van der Waals surface area contributed by atoms with Gasteiger partial charge in [0.05, 0.1) is 0 Å². The number of hydrogen-bond donors (Lipinski definition) is 1. The van der Waals surface area contributed by atoms with E-state index in [0.717, 1.165) is 11.1 Å². The monoisotopic (exact) mass is 270 g/mol. The van der Waals surface area contributed by atoms with E-state index in [-0.39, 0.29) is 5.56 Å². The molecular weight excluding hydrogens is 252 g/mol. The molecule has 0 aliphatic carbocycles. The van der Waals surface area contributed by atoms with Crippen molar-refractivity contribution in [3.63, 3.8) is 0 Å². The predicted octanol–water partition coefficient (Wildman–Crippen LogP) is 3.89. The SMILES string of the molecule is Cc1ccc(OCc2ccc(C)c(C)c2)c(C(=O)O)c1. The standard InChI is InChI=1S/C17H18O3/c1-11-4-7-16(15(8-11)17(18)19)20-10-14-6-5-12(2)13(3)9-14/h4-9H,10H2,1-3H3,(H,18,19). The number of carboxylic acid groups (broad SMARTS) is 1. The predicted molar refractivity (Wildman–Crippen MR) is 78.4 cm³/mol. The molecular formula is C17H18O3. The lowest BCUT2D eigenvalue weighted by Crippen LogP contribution is -2.04. The van der Waals surface area contributed by atoms with Gasteiger partial charge in [0.1, 0.15) is 17.9 Å². The first-order valence-electron chi connectivity index (χ1n) is 6.50. The van der Waals surface area contributed by atoms with Crippen LogP contribution < -0.4 is 4.74 Å². The third-order valence-corrected chi connectivity index (χ3v) is 3.33. The highest BCUT2D eigenvalue weighted by atomic mass is 16.5. The summed E-state index contributed by atoms with van der Waals surface area (Å²) in [5, 5.41) is 9.19. The van der Waals surface area contributed by atoms with E-state index in [1.807, 2.05) is 32.0 Å². The number of carboxylic acids is 1. The third kappa shape index (κ3) is 3.18. The maximum absolute atomic E-state index is 11.2. The highest BCUT2D eigenvalue weighted by molar-refractivity contribution is 5.91. The summed E-state index contributed by atoms with van der Waals surface area (Å²) >= 11 is 0. The molecule has 0 aliphatic rings. The molecule has 0 saturated carbocycles. The van der Waals surface area contributed by atoms with Gasteiger partial charge in [0, 0.05) is 0 Å². The van der Waals surface area contributed by atoms with Crippen LogP contribution in [0.4, 0.5) is 0 Å². The van der Waals surface area contributed by atoms with Gasteiger partial charge < -0.3 is 9.84 Å². The van der Waals surface area contributed by atoms with Gasteiger partial charge in [-0.25, -0.2) is 4.79 Å². The van der Waals surface area contributed by atoms with Gasteiger partial charge in [0.15, 0.2) is 0 Å². The fourth-order valence-electron chi connectivity index (χ4n) is 1.99. The summed E-state index contributed by atoms with van der Waals surface area (Å²) in [5.41, 5.74) is 4.57. The molecule has 0 atom stereocenters. The van der Waals surface area contributed by atoms with Gasteiger partial charge >= 0.3 is 5.97 Å². The lowest BCUT2D eigenvalue weighted by molar-refractivity contribution is 0.0691. The van der Waals surface area contributed by atoms with Crippen LogP contribution in [0.1, 0.15) is 32.6 Å². The van der Waals surface area contributed by atoms with Crippen LogP contribution in [0.2, 0.25) is 0 Å². The molecule has 0 fully saturated rings. The Morgan fingerprint density at radius 1 is 1.05 bits per heavy atom. The fraction of sp³-hybridized carbons (Fsp3) is 0.235. The number of aromatic carboxylic acids is 1. The molecule has 104 valence electrons. The molecule has 0 aromatic heterocycles. The molecule has 0 radical (unpaired) electrons. The minimum atomic E-state index is -0.969. The van der Waals surface area contributed by atoms with Gasteiger partial charge in [-0.1, -0.05) is 29.8 Å². The second kappa shape index (κ2) is 5.78. The number of hydrogen-bond acceptors (Lipinski definition) is 2. The second-order valence-corrected chi connectivity index (χ2v) is 5.01.